The molecule has 0 spiro atoms. The van der Waals surface area contributed by atoms with Gasteiger partial charge in [0.1, 0.15) is 18.3 Å². The normalized spacial score (nSPS) is 32.4. The third-order valence-electron chi connectivity index (χ3n) is 3.85. The molecule has 2 aliphatic heterocycles. The Hall–Kier alpha value is -1.26. The highest BCUT2D eigenvalue weighted by atomic mass is 31.2. The summed E-state index contributed by atoms with van der Waals surface area (Å²) in [4.78, 5) is 12.6. The van der Waals surface area contributed by atoms with Crippen molar-refractivity contribution in [1.29, 1.82) is 0 Å². The van der Waals surface area contributed by atoms with Gasteiger partial charge < -0.3 is 39.0 Å². The summed E-state index contributed by atoms with van der Waals surface area (Å²) in [6.07, 6.45) is -1.05. The maximum atomic E-state index is 12.5. The maximum absolute atomic E-state index is 12.5. The van der Waals surface area contributed by atoms with E-state index < -0.39 is 44.4 Å². The van der Waals surface area contributed by atoms with Crippen LogP contribution in [0, 0.1) is 0 Å². The van der Waals surface area contributed by atoms with E-state index in [1.807, 2.05) is 0 Å². The van der Waals surface area contributed by atoms with Crippen LogP contribution >= 0.6 is 7.60 Å². The number of nitrogens with one attached hydrogen (secondary N) is 1. The first kappa shape index (κ1) is 21.0. The number of hydrogen-bond acceptors (Lipinski definition) is 9. The lowest BCUT2D eigenvalue weighted by Crippen LogP contribution is -2.55. The zero-order chi connectivity index (χ0) is 19.3. The summed E-state index contributed by atoms with van der Waals surface area (Å²) in [5.41, 5.74) is 0. The van der Waals surface area contributed by atoms with Gasteiger partial charge in [0, 0.05) is 25.2 Å². The van der Waals surface area contributed by atoms with Crippen molar-refractivity contribution >= 4 is 13.5 Å². The lowest BCUT2D eigenvalue weighted by molar-refractivity contribution is -0.151. The number of aliphatic hydroxyl groups excluding tert-OH is 2. The smallest absolute Gasteiger partial charge is 0.353 e. The summed E-state index contributed by atoms with van der Waals surface area (Å²) in [7, 11) is -2.06. The van der Waals surface area contributed by atoms with E-state index in [9.17, 15) is 19.6 Å². The van der Waals surface area contributed by atoms with Crippen LogP contribution in [0.25, 0.3) is 0 Å². The van der Waals surface area contributed by atoms with Crippen LogP contribution < -0.4 is 5.32 Å². The highest BCUT2D eigenvalue weighted by molar-refractivity contribution is 7.57. The summed E-state index contributed by atoms with van der Waals surface area (Å²) in [5, 5.41) is 22.8. The standard InChI is InChI=1S/C15H25N2O8P/c1-4-23-26(21,24-5-2)9-7-10-12(19)13(22-3)14(25-10)17-8-6-11(18)16-15(17)20/h6-10,12-15,19-20H,4-5H2,1-3H3,(H,16,18)/b9-7+/t10-,12?,13?,14-,15?/m1/s1. The van der Waals surface area contributed by atoms with Crippen molar-refractivity contribution in [1.82, 2.24) is 10.2 Å². The molecule has 0 aromatic carbocycles. The lowest BCUT2D eigenvalue weighted by atomic mass is 10.1. The Morgan fingerprint density at radius 3 is 2.54 bits per heavy atom. The van der Waals surface area contributed by atoms with Gasteiger partial charge in [0.2, 0.25) is 12.3 Å². The number of rotatable bonds is 8. The number of methoxy groups -OCH3 is 1. The maximum Gasteiger partial charge on any atom is 0.353 e. The average Bonchev–Trinajstić information content (AvgIpc) is 2.89. The second-order valence-corrected chi connectivity index (χ2v) is 7.44. The molecule has 26 heavy (non-hydrogen) atoms. The molecule has 0 aromatic rings. The minimum Gasteiger partial charge on any atom is -0.387 e. The first-order chi connectivity index (χ1) is 12.3. The number of nitrogens with zero attached hydrogens (tertiary/aromatic N) is 1. The minimum atomic E-state index is -3.45. The Morgan fingerprint density at radius 1 is 1.35 bits per heavy atom. The SMILES string of the molecule is CCOP(=O)(/C=C/[C@H]1O[C@@H](N2C=CC(=O)NC2O)C(OC)C1O)OCC. The van der Waals surface area contributed by atoms with E-state index in [1.165, 1.54) is 36.2 Å². The fraction of sp³-hybridized carbons (Fsp3) is 0.667. The molecule has 148 valence electrons. The van der Waals surface area contributed by atoms with Crippen LogP contribution in [0.5, 0.6) is 0 Å². The van der Waals surface area contributed by atoms with Gasteiger partial charge in [-0.05, 0) is 19.9 Å². The van der Waals surface area contributed by atoms with Gasteiger partial charge >= 0.3 is 7.60 Å². The van der Waals surface area contributed by atoms with E-state index in [2.05, 4.69) is 5.32 Å². The molecule has 0 aromatic heterocycles. The minimum absolute atomic E-state index is 0.198. The number of aliphatic hydroxyl groups is 2. The van der Waals surface area contributed by atoms with Crippen LogP contribution in [0.15, 0.2) is 24.2 Å². The number of amides is 1. The van der Waals surface area contributed by atoms with Gasteiger partial charge in [-0.25, -0.2) is 0 Å². The monoisotopic (exact) mass is 392 g/mol. The molecule has 0 radical (unpaired) electrons. The molecular weight excluding hydrogens is 367 g/mol. The highest BCUT2D eigenvalue weighted by Crippen LogP contribution is 2.50. The van der Waals surface area contributed by atoms with Gasteiger partial charge in [-0.2, -0.15) is 0 Å². The molecule has 1 fully saturated rings. The third kappa shape index (κ3) is 4.72. The third-order valence-corrected chi connectivity index (χ3v) is 5.62. The molecule has 3 unspecified atom stereocenters. The van der Waals surface area contributed by atoms with Crippen LogP contribution in [0.4, 0.5) is 0 Å². The largest absolute Gasteiger partial charge is 0.387 e. The topological polar surface area (TPSA) is 127 Å². The van der Waals surface area contributed by atoms with Crippen molar-refractivity contribution in [2.75, 3.05) is 20.3 Å². The summed E-state index contributed by atoms with van der Waals surface area (Å²) in [5.74, 6) is 0.792. The van der Waals surface area contributed by atoms with Crippen molar-refractivity contribution in [3.63, 3.8) is 0 Å². The molecule has 2 rings (SSSR count). The lowest BCUT2D eigenvalue weighted by Gasteiger charge is -2.36. The Kier molecular flexibility index (Phi) is 7.36. The molecule has 0 saturated carbocycles. The number of carbonyl (C=O) groups excluding carboxylic acids is 1. The first-order valence-corrected chi connectivity index (χ1v) is 9.85. The molecule has 5 atom stereocenters. The fourth-order valence-corrected chi connectivity index (χ4v) is 4.06. The molecule has 10 nitrogen and oxygen atoms in total. The van der Waals surface area contributed by atoms with E-state index in [4.69, 9.17) is 18.5 Å². The van der Waals surface area contributed by atoms with Gasteiger partial charge in [-0.1, -0.05) is 0 Å². The van der Waals surface area contributed by atoms with Crippen molar-refractivity contribution in [2.24, 2.45) is 0 Å². The molecule has 1 saturated heterocycles. The first-order valence-electron chi connectivity index (χ1n) is 8.24. The van der Waals surface area contributed by atoms with Crippen molar-refractivity contribution in [3.05, 3.63) is 24.2 Å². The quantitative estimate of drug-likeness (QED) is 0.493. The van der Waals surface area contributed by atoms with Gasteiger partial charge in [0.05, 0.1) is 13.2 Å². The summed E-state index contributed by atoms with van der Waals surface area (Å²) < 4.78 is 33.8. The van der Waals surface area contributed by atoms with Gasteiger partial charge in [0.15, 0.2) is 6.23 Å². The highest BCUT2D eigenvalue weighted by Gasteiger charge is 2.47. The van der Waals surface area contributed by atoms with Gasteiger partial charge in [0.25, 0.3) is 0 Å². The van der Waals surface area contributed by atoms with Crippen LogP contribution in [-0.2, 0) is 27.9 Å². The van der Waals surface area contributed by atoms with Crippen LogP contribution in [0.2, 0.25) is 0 Å². The van der Waals surface area contributed by atoms with E-state index in [-0.39, 0.29) is 13.2 Å². The summed E-state index contributed by atoms with van der Waals surface area (Å²) >= 11 is 0. The average molecular weight is 392 g/mol. The second kappa shape index (κ2) is 9.09. The number of hydrogen-bond donors (Lipinski definition) is 3. The van der Waals surface area contributed by atoms with Crippen molar-refractivity contribution in [3.8, 4) is 0 Å². The predicted octanol–water partition coefficient (Wildman–Crippen LogP) is 0.0884. The molecule has 2 aliphatic rings. The predicted molar refractivity (Wildman–Crippen MR) is 90.6 cm³/mol. The molecule has 2 heterocycles. The van der Waals surface area contributed by atoms with Crippen LogP contribution in [-0.4, -0.2) is 72.2 Å². The zero-order valence-electron chi connectivity index (χ0n) is 14.8. The van der Waals surface area contributed by atoms with Gasteiger partial charge in [-0.15, -0.1) is 0 Å². The van der Waals surface area contributed by atoms with Crippen LogP contribution in [0.3, 0.4) is 0 Å². The van der Waals surface area contributed by atoms with E-state index in [1.54, 1.807) is 13.8 Å². The van der Waals surface area contributed by atoms with Crippen molar-refractivity contribution < 1.29 is 38.1 Å². The summed E-state index contributed by atoms with van der Waals surface area (Å²) in [6.45, 7) is 3.78. The summed E-state index contributed by atoms with van der Waals surface area (Å²) in [6, 6.07) is 0. The van der Waals surface area contributed by atoms with E-state index >= 15 is 0 Å². The number of ether oxygens (including phenoxy) is 2. The van der Waals surface area contributed by atoms with Gasteiger partial charge in [-0.3, -0.25) is 9.36 Å². The Bertz CT molecular complexity index is 588. The van der Waals surface area contributed by atoms with Crippen LogP contribution in [0.1, 0.15) is 13.8 Å². The molecule has 3 N–H and O–H groups in total. The Balaban J connectivity index is 2.16. The molecule has 11 heteroatoms. The molecule has 0 aliphatic carbocycles. The van der Waals surface area contributed by atoms with E-state index in [0.29, 0.717) is 0 Å². The fourth-order valence-electron chi connectivity index (χ4n) is 2.71. The Labute approximate surface area is 151 Å². The van der Waals surface area contributed by atoms with Crippen molar-refractivity contribution in [2.45, 2.75) is 44.7 Å². The van der Waals surface area contributed by atoms with E-state index in [0.717, 1.165) is 0 Å². The molecule has 1 amide bonds. The molecular formula is C15H25N2O8P. The number of carbonyl (C=O) groups is 1. The Morgan fingerprint density at radius 2 is 2.00 bits per heavy atom. The molecule has 0 bridgehead atoms. The zero-order valence-corrected chi connectivity index (χ0v) is 15.7. The second-order valence-electron chi connectivity index (χ2n) is 5.54.